The summed E-state index contributed by atoms with van der Waals surface area (Å²) in [6, 6.07) is 53.1. The Kier molecular flexibility index (Phi) is 5.45. The summed E-state index contributed by atoms with van der Waals surface area (Å²) in [5.74, 6) is 0.762. The molecule has 11 rings (SSSR count). The molecule has 0 spiro atoms. The Morgan fingerprint density at radius 3 is 1.98 bits per heavy atom. The Balaban J connectivity index is 1.05. The second kappa shape index (κ2) is 9.87. The molecule has 0 atom stereocenters. The van der Waals surface area contributed by atoms with Crippen molar-refractivity contribution in [1.82, 2.24) is 14.5 Å². The summed E-state index contributed by atoms with van der Waals surface area (Å²) in [5.41, 5.74) is 16.7. The minimum atomic E-state index is -0.110. The number of hydrogen-bond donors (Lipinski definition) is 0. The molecule has 2 aromatic heterocycles. The molecule has 2 heterocycles. The van der Waals surface area contributed by atoms with Crippen LogP contribution in [-0.2, 0) is 5.41 Å². The van der Waals surface area contributed by atoms with Crippen molar-refractivity contribution in [3.05, 3.63) is 163 Å². The second-order valence-corrected chi connectivity index (χ2v) is 14.2. The summed E-state index contributed by atoms with van der Waals surface area (Å²) in [6.07, 6.45) is 2.01. The lowest BCUT2D eigenvalue weighted by atomic mass is 9.82. The van der Waals surface area contributed by atoms with Gasteiger partial charge in [-0.3, -0.25) is 0 Å². The van der Waals surface area contributed by atoms with Gasteiger partial charge in [-0.1, -0.05) is 123 Å². The van der Waals surface area contributed by atoms with Crippen molar-refractivity contribution < 1.29 is 0 Å². The van der Waals surface area contributed by atoms with Crippen molar-refractivity contribution in [2.75, 3.05) is 0 Å². The average Bonchev–Trinajstić information content (AvgIpc) is 3.75. The molecule has 0 fully saturated rings. The first-order valence-electron chi connectivity index (χ1n) is 17.3. The SMILES string of the molecule is CC1(C)c2ccc(-c3ccc4c5ccccc5n(-c5ccccc5)c4c3)cc2-c2cc(-c3ncc4c(n3)-c3cccc5cccc-4c35)ccc21. The lowest BCUT2D eigenvalue weighted by Gasteiger charge is -2.21. The quantitative estimate of drug-likeness (QED) is 0.193. The molecule has 0 radical (unpaired) electrons. The number of nitrogens with zero attached hydrogens (tertiary/aromatic N) is 3. The molecule has 0 bridgehead atoms. The average molecular weight is 638 g/mol. The Bertz CT molecular complexity index is 2890. The molecule has 0 amide bonds. The number of rotatable bonds is 3. The number of fused-ring (bicyclic) bond motifs is 9. The van der Waals surface area contributed by atoms with Gasteiger partial charge in [-0.15, -0.1) is 0 Å². The van der Waals surface area contributed by atoms with Crippen molar-refractivity contribution in [2.45, 2.75) is 19.3 Å². The van der Waals surface area contributed by atoms with Gasteiger partial charge in [-0.2, -0.15) is 0 Å². The van der Waals surface area contributed by atoms with Crippen molar-refractivity contribution in [1.29, 1.82) is 0 Å². The molecule has 2 aliphatic rings. The molecule has 234 valence electrons. The number of aromatic nitrogens is 3. The van der Waals surface area contributed by atoms with Crippen molar-refractivity contribution in [3.63, 3.8) is 0 Å². The Morgan fingerprint density at radius 2 is 1.16 bits per heavy atom. The molecule has 0 saturated heterocycles. The van der Waals surface area contributed by atoms with E-state index in [1.165, 1.54) is 82.8 Å². The minimum Gasteiger partial charge on any atom is -0.309 e. The van der Waals surface area contributed by atoms with Crippen LogP contribution in [0.15, 0.2) is 152 Å². The number of benzene rings is 7. The van der Waals surface area contributed by atoms with E-state index >= 15 is 0 Å². The summed E-state index contributed by atoms with van der Waals surface area (Å²) < 4.78 is 2.39. The molecule has 3 nitrogen and oxygen atoms in total. The zero-order valence-electron chi connectivity index (χ0n) is 27.8. The van der Waals surface area contributed by atoms with E-state index in [1.807, 2.05) is 6.20 Å². The smallest absolute Gasteiger partial charge is 0.159 e. The van der Waals surface area contributed by atoms with Gasteiger partial charge in [-0.25, -0.2) is 9.97 Å². The molecule has 0 aliphatic heterocycles. The highest BCUT2D eigenvalue weighted by atomic mass is 15.0. The van der Waals surface area contributed by atoms with Gasteiger partial charge in [0.15, 0.2) is 5.82 Å². The van der Waals surface area contributed by atoms with Crippen LogP contribution in [0.3, 0.4) is 0 Å². The minimum absolute atomic E-state index is 0.110. The molecule has 3 heteroatoms. The first kappa shape index (κ1) is 27.6. The maximum absolute atomic E-state index is 5.21. The molecule has 9 aromatic rings. The molecule has 0 unspecified atom stereocenters. The van der Waals surface area contributed by atoms with Gasteiger partial charge in [-0.05, 0) is 86.1 Å². The molecule has 50 heavy (non-hydrogen) atoms. The fourth-order valence-electron chi connectivity index (χ4n) is 8.78. The van der Waals surface area contributed by atoms with Crippen molar-refractivity contribution in [2.24, 2.45) is 0 Å². The maximum atomic E-state index is 5.21. The van der Waals surface area contributed by atoms with Crippen LogP contribution in [0.5, 0.6) is 0 Å². The molecular weight excluding hydrogens is 607 g/mol. The van der Waals surface area contributed by atoms with E-state index in [-0.39, 0.29) is 5.41 Å². The van der Waals surface area contributed by atoms with Gasteiger partial charge < -0.3 is 4.57 Å². The summed E-state index contributed by atoms with van der Waals surface area (Å²) in [7, 11) is 0. The largest absolute Gasteiger partial charge is 0.309 e. The fraction of sp³-hybridized carbons (Fsp3) is 0.0638. The van der Waals surface area contributed by atoms with Gasteiger partial charge in [0.1, 0.15) is 0 Å². The van der Waals surface area contributed by atoms with Gasteiger partial charge in [0.25, 0.3) is 0 Å². The molecular formula is C47H31N3. The summed E-state index contributed by atoms with van der Waals surface area (Å²) in [4.78, 5) is 10.2. The Morgan fingerprint density at radius 1 is 0.500 bits per heavy atom. The Labute approximate surface area is 290 Å². The van der Waals surface area contributed by atoms with Gasteiger partial charge in [0, 0.05) is 44.8 Å². The molecule has 2 aliphatic carbocycles. The van der Waals surface area contributed by atoms with Crippen LogP contribution in [0.1, 0.15) is 25.0 Å². The molecule has 7 aromatic carbocycles. The topological polar surface area (TPSA) is 30.7 Å². The normalized spacial score (nSPS) is 13.6. The lowest BCUT2D eigenvalue weighted by Crippen LogP contribution is -2.14. The van der Waals surface area contributed by atoms with Gasteiger partial charge in [0.2, 0.25) is 0 Å². The standard InChI is InChI=1S/C47H31N3/c1-47(2)40-22-19-29(30-18-21-34-33-14-6-7-17-42(33)50(43(34)26-30)32-12-4-3-5-13-32)24-37(40)38-25-31(20-23-41(38)47)46-48-27-39-35-15-8-10-28-11-9-16-36(44(28)35)45(39)49-46/h3-27H,1-2H3. The third-order valence-corrected chi connectivity index (χ3v) is 11.2. The van der Waals surface area contributed by atoms with Crippen molar-refractivity contribution in [3.8, 4) is 61.7 Å². The fourth-order valence-corrected chi connectivity index (χ4v) is 8.78. The van der Waals surface area contributed by atoms with Gasteiger partial charge >= 0.3 is 0 Å². The maximum Gasteiger partial charge on any atom is 0.159 e. The first-order valence-corrected chi connectivity index (χ1v) is 17.3. The molecule has 0 saturated carbocycles. The third-order valence-electron chi connectivity index (χ3n) is 11.2. The third kappa shape index (κ3) is 3.69. The van der Waals surface area contributed by atoms with Crippen LogP contribution in [0, 0.1) is 0 Å². The Hall–Kier alpha value is -6.32. The van der Waals surface area contributed by atoms with E-state index in [4.69, 9.17) is 9.97 Å². The highest BCUT2D eigenvalue weighted by molar-refractivity contribution is 6.14. The second-order valence-electron chi connectivity index (χ2n) is 14.2. The van der Waals surface area contributed by atoms with Crippen LogP contribution < -0.4 is 0 Å². The van der Waals surface area contributed by atoms with E-state index in [0.29, 0.717) is 0 Å². The number of para-hydroxylation sites is 2. The van der Waals surface area contributed by atoms with E-state index in [2.05, 4.69) is 164 Å². The van der Waals surface area contributed by atoms with E-state index in [9.17, 15) is 0 Å². The summed E-state index contributed by atoms with van der Waals surface area (Å²) in [6.45, 7) is 4.68. The van der Waals surface area contributed by atoms with Crippen molar-refractivity contribution >= 4 is 32.6 Å². The van der Waals surface area contributed by atoms with Crippen LogP contribution in [-0.4, -0.2) is 14.5 Å². The van der Waals surface area contributed by atoms with Crippen LogP contribution in [0.4, 0.5) is 0 Å². The monoisotopic (exact) mass is 637 g/mol. The van der Waals surface area contributed by atoms with E-state index in [0.717, 1.165) is 22.6 Å². The molecule has 0 N–H and O–H groups in total. The summed E-state index contributed by atoms with van der Waals surface area (Å²) >= 11 is 0. The number of hydrogen-bond acceptors (Lipinski definition) is 2. The van der Waals surface area contributed by atoms with E-state index in [1.54, 1.807) is 0 Å². The zero-order valence-corrected chi connectivity index (χ0v) is 27.8. The highest BCUT2D eigenvalue weighted by Gasteiger charge is 2.36. The lowest BCUT2D eigenvalue weighted by molar-refractivity contribution is 0.660. The van der Waals surface area contributed by atoms with Gasteiger partial charge in [0.05, 0.1) is 16.7 Å². The predicted molar refractivity (Wildman–Crippen MR) is 207 cm³/mol. The highest BCUT2D eigenvalue weighted by Crippen LogP contribution is 2.51. The van der Waals surface area contributed by atoms with Crippen LogP contribution in [0.2, 0.25) is 0 Å². The zero-order chi connectivity index (χ0) is 33.1. The predicted octanol–water partition coefficient (Wildman–Crippen LogP) is 12.0. The summed E-state index contributed by atoms with van der Waals surface area (Å²) in [5, 5.41) is 5.05. The first-order chi connectivity index (χ1) is 24.5. The van der Waals surface area contributed by atoms with Crippen LogP contribution in [0.25, 0.3) is 94.3 Å². The van der Waals surface area contributed by atoms with E-state index < -0.39 is 0 Å². The van der Waals surface area contributed by atoms with Crippen LogP contribution >= 0.6 is 0 Å².